The van der Waals surface area contributed by atoms with Crippen LogP contribution in [0, 0.1) is 0 Å². The Bertz CT molecular complexity index is 1450. The fourth-order valence-corrected chi connectivity index (χ4v) is 6.98. The van der Waals surface area contributed by atoms with E-state index in [2.05, 4.69) is 32.1 Å². The van der Waals surface area contributed by atoms with Crippen molar-refractivity contribution in [3.63, 3.8) is 0 Å². The third-order valence-electron chi connectivity index (χ3n) is 5.77. The highest BCUT2D eigenvalue weighted by atomic mass is 32.2. The van der Waals surface area contributed by atoms with Gasteiger partial charge in [0, 0.05) is 17.6 Å². The molecule has 0 fully saturated rings. The molecule has 2 N–H and O–H groups in total. The molecule has 186 valence electrons. The molecule has 0 atom stereocenters. The van der Waals surface area contributed by atoms with Gasteiger partial charge in [-0.3, -0.25) is 14.6 Å². The molecule has 9 nitrogen and oxygen atoms in total. The molecule has 1 aliphatic carbocycles. The number of hydrogen-bond acceptors (Lipinski definition) is 9. The number of carbonyl (C=O) groups is 1. The van der Waals surface area contributed by atoms with E-state index in [9.17, 15) is 9.59 Å². The number of aromatic nitrogens is 6. The lowest BCUT2D eigenvalue weighted by Gasteiger charge is -2.09. The molecule has 12 heteroatoms. The predicted molar refractivity (Wildman–Crippen MR) is 143 cm³/mol. The van der Waals surface area contributed by atoms with E-state index in [1.54, 1.807) is 23.6 Å². The van der Waals surface area contributed by atoms with Gasteiger partial charge in [0.1, 0.15) is 10.7 Å². The van der Waals surface area contributed by atoms with Crippen LogP contribution in [0.5, 0.6) is 0 Å². The van der Waals surface area contributed by atoms with Crippen molar-refractivity contribution in [1.82, 2.24) is 35.0 Å². The van der Waals surface area contributed by atoms with Crippen molar-refractivity contribution in [2.45, 2.75) is 54.8 Å². The molecule has 1 aliphatic rings. The van der Waals surface area contributed by atoms with Crippen LogP contribution in [0.3, 0.4) is 0 Å². The summed E-state index contributed by atoms with van der Waals surface area (Å²) in [6.45, 7) is 4.73. The van der Waals surface area contributed by atoms with E-state index >= 15 is 0 Å². The molecule has 0 saturated carbocycles. The Morgan fingerprint density at radius 3 is 2.97 bits per heavy atom. The fourth-order valence-electron chi connectivity index (χ4n) is 4.06. The number of fused-ring (bicyclic) bond motifs is 3. The Balaban J connectivity index is 1.23. The van der Waals surface area contributed by atoms with Gasteiger partial charge in [0.2, 0.25) is 5.91 Å². The largest absolute Gasteiger partial charge is 0.350 e. The lowest BCUT2D eigenvalue weighted by atomic mass is 9.97. The highest BCUT2D eigenvalue weighted by molar-refractivity contribution is 7.99. The van der Waals surface area contributed by atoms with E-state index in [4.69, 9.17) is 4.98 Å². The standard InChI is InChI=1S/C24H25N7O2S3/c1-2-11-31-18(29-30-24(31)35-14-19(32)26-12-15-7-5-6-10-25-15)13-34-23-27-21(33)20-16-8-3-4-9-17(16)36-22(20)28-23/h2,5-7,10H,1,3-4,8-9,11-14H2,(H,26,32)(H,27,28,33). The van der Waals surface area contributed by atoms with Crippen molar-refractivity contribution in [3.8, 4) is 0 Å². The average molecular weight is 540 g/mol. The van der Waals surface area contributed by atoms with Gasteiger partial charge in [-0.15, -0.1) is 28.1 Å². The first kappa shape index (κ1) is 24.7. The van der Waals surface area contributed by atoms with Crippen LogP contribution in [0.2, 0.25) is 0 Å². The topological polar surface area (TPSA) is 118 Å². The van der Waals surface area contributed by atoms with Gasteiger partial charge >= 0.3 is 0 Å². The first-order valence-corrected chi connectivity index (χ1v) is 14.4. The number of nitrogens with zero attached hydrogens (tertiary/aromatic N) is 5. The number of thiophene rings is 1. The molecule has 4 heterocycles. The predicted octanol–water partition coefficient (Wildman–Crippen LogP) is 3.74. The first-order chi connectivity index (χ1) is 17.6. The molecule has 36 heavy (non-hydrogen) atoms. The number of aryl methyl sites for hydroxylation is 2. The number of aromatic amines is 1. The van der Waals surface area contributed by atoms with Crippen molar-refractivity contribution in [1.29, 1.82) is 0 Å². The van der Waals surface area contributed by atoms with Crippen LogP contribution >= 0.6 is 34.9 Å². The minimum absolute atomic E-state index is 0.0672. The number of rotatable bonds is 10. The molecule has 4 aromatic rings. The molecule has 0 saturated heterocycles. The maximum atomic E-state index is 12.8. The molecule has 0 bridgehead atoms. The number of thioether (sulfide) groups is 2. The van der Waals surface area contributed by atoms with Gasteiger partial charge in [-0.1, -0.05) is 35.7 Å². The van der Waals surface area contributed by atoms with Crippen molar-refractivity contribution in [2.75, 3.05) is 5.75 Å². The van der Waals surface area contributed by atoms with Crippen molar-refractivity contribution < 1.29 is 4.79 Å². The zero-order valence-corrected chi connectivity index (χ0v) is 22.0. The minimum atomic E-state index is -0.108. The number of nitrogens with one attached hydrogen (secondary N) is 2. The molecule has 0 aliphatic heterocycles. The van der Waals surface area contributed by atoms with Crippen LogP contribution in [0.4, 0.5) is 0 Å². The molecule has 4 aromatic heterocycles. The smallest absolute Gasteiger partial charge is 0.260 e. The van der Waals surface area contributed by atoms with E-state index in [1.165, 1.54) is 40.4 Å². The van der Waals surface area contributed by atoms with Gasteiger partial charge in [0.15, 0.2) is 10.3 Å². The van der Waals surface area contributed by atoms with E-state index in [1.807, 2.05) is 22.8 Å². The Hall–Kier alpha value is -2.96. The minimum Gasteiger partial charge on any atom is -0.350 e. The third kappa shape index (κ3) is 5.55. The summed E-state index contributed by atoms with van der Waals surface area (Å²) in [7, 11) is 0. The summed E-state index contributed by atoms with van der Waals surface area (Å²) in [5.74, 6) is 1.31. The van der Waals surface area contributed by atoms with Crippen molar-refractivity contribution in [3.05, 3.63) is 69.4 Å². The van der Waals surface area contributed by atoms with Crippen LogP contribution in [0.1, 0.15) is 34.8 Å². The first-order valence-electron chi connectivity index (χ1n) is 11.6. The molecule has 0 aromatic carbocycles. The van der Waals surface area contributed by atoms with Crippen LogP contribution < -0.4 is 10.9 Å². The highest BCUT2D eigenvalue weighted by Gasteiger charge is 2.20. The lowest BCUT2D eigenvalue weighted by molar-refractivity contribution is -0.118. The Labute approximate surface area is 220 Å². The molecule has 0 spiro atoms. The summed E-state index contributed by atoms with van der Waals surface area (Å²) in [5.41, 5.74) is 1.92. The molecular weight excluding hydrogens is 515 g/mol. The monoisotopic (exact) mass is 539 g/mol. The average Bonchev–Trinajstić information content (AvgIpc) is 3.46. The lowest BCUT2D eigenvalue weighted by Crippen LogP contribution is -2.25. The van der Waals surface area contributed by atoms with Crippen LogP contribution in [0.25, 0.3) is 10.2 Å². The number of H-pyrrole nitrogens is 1. The molecular formula is C24H25N7O2S3. The maximum absolute atomic E-state index is 12.8. The van der Waals surface area contributed by atoms with Crippen LogP contribution in [0.15, 0.2) is 52.2 Å². The SMILES string of the molecule is C=CCn1c(CSc2nc3sc4c(c3c(=O)[nH]2)CCCC4)nnc1SCC(=O)NCc1ccccn1. The highest BCUT2D eigenvalue weighted by Crippen LogP contribution is 2.34. The second-order valence-corrected chi connectivity index (χ2v) is 11.2. The Kier molecular flexibility index (Phi) is 7.83. The molecule has 0 unspecified atom stereocenters. The number of pyridine rings is 1. The molecule has 5 rings (SSSR count). The van der Waals surface area contributed by atoms with E-state index in [-0.39, 0.29) is 17.2 Å². The number of amides is 1. The van der Waals surface area contributed by atoms with Crippen molar-refractivity contribution >= 4 is 51.0 Å². The zero-order valence-electron chi connectivity index (χ0n) is 19.5. The van der Waals surface area contributed by atoms with E-state index in [0.29, 0.717) is 29.2 Å². The van der Waals surface area contributed by atoms with Crippen molar-refractivity contribution in [2.24, 2.45) is 0 Å². The summed E-state index contributed by atoms with van der Waals surface area (Å²) in [6, 6.07) is 5.59. The van der Waals surface area contributed by atoms with Gasteiger partial charge in [-0.25, -0.2) is 4.98 Å². The number of hydrogen-bond donors (Lipinski definition) is 2. The van der Waals surface area contributed by atoms with E-state index in [0.717, 1.165) is 41.0 Å². The van der Waals surface area contributed by atoms with Gasteiger partial charge in [-0.05, 0) is 43.4 Å². The van der Waals surface area contributed by atoms with Crippen LogP contribution in [-0.2, 0) is 36.5 Å². The normalized spacial score (nSPS) is 13.0. The third-order valence-corrected chi connectivity index (χ3v) is 8.79. The second kappa shape index (κ2) is 11.4. The summed E-state index contributed by atoms with van der Waals surface area (Å²) in [5, 5.41) is 13.4. The van der Waals surface area contributed by atoms with Gasteiger partial charge in [0.05, 0.1) is 29.1 Å². The van der Waals surface area contributed by atoms with Crippen LogP contribution in [-0.4, -0.2) is 41.4 Å². The summed E-state index contributed by atoms with van der Waals surface area (Å²) < 4.78 is 1.93. The quantitative estimate of drug-likeness (QED) is 0.178. The second-order valence-electron chi connectivity index (χ2n) is 8.24. The summed E-state index contributed by atoms with van der Waals surface area (Å²) in [4.78, 5) is 39.1. The van der Waals surface area contributed by atoms with E-state index < -0.39 is 0 Å². The molecule has 1 amide bonds. The van der Waals surface area contributed by atoms with Gasteiger partial charge < -0.3 is 14.9 Å². The fraction of sp³-hybridized carbons (Fsp3) is 0.333. The van der Waals surface area contributed by atoms with Gasteiger partial charge in [-0.2, -0.15) is 0 Å². The summed E-state index contributed by atoms with van der Waals surface area (Å²) >= 11 is 4.38. The Morgan fingerprint density at radius 1 is 1.25 bits per heavy atom. The Morgan fingerprint density at radius 2 is 2.14 bits per heavy atom. The number of carbonyl (C=O) groups excluding carboxylic acids is 1. The number of allylic oxidation sites excluding steroid dienone is 1. The van der Waals surface area contributed by atoms with Gasteiger partial charge in [0.25, 0.3) is 5.56 Å². The summed E-state index contributed by atoms with van der Waals surface area (Å²) in [6.07, 6.45) is 7.75. The molecule has 0 radical (unpaired) electrons. The maximum Gasteiger partial charge on any atom is 0.260 e. The zero-order chi connectivity index (χ0) is 24.9.